The fraction of sp³-hybridized carbons (Fsp3) is 0.100. The normalized spacial score (nSPS) is 11.3. The lowest BCUT2D eigenvalue weighted by Gasteiger charge is -2.08. The van der Waals surface area contributed by atoms with Gasteiger partial charge in [0.1, 0.15) is 5.69 Å². The number of carbonyl (C=O) groups excluding carboxylic acids is 2. The quantitative estimate of drug-likeness (QED) is 0.270. The Morgan fingerprint density at radius 2 is 1.81 bits per heavy atom. The summed E-state index contributed by atoms with van der Waals surface area (Å²) in [5.74, 6) is -0.947. The maximum absolute atomic E-state index is 13.3. The van der Waals surface area contributed by atoms with Gasteiger partial charge in [-0.05, 0) is 61.4 Å². The van der Waals surface area contributed by atoms with Crippen LogP contribution in [0, 0.1) is 6.92 Å². The van der Waals surface area contributed by atoms with Gasteiger partial charge in [-0.1, -0.05) is 54.6 Å². The van der Waals surface area contributed by atoms with Gasteiger partial charge < -0.3 is 15.0 Å². The second kappa shape index (κ2) is 9.88. The number of aromatic nitrogens is 2. The van der Waals surface area contributed by atoms with Gasteiger partial charge in [0.2, 0.25) is 0 Å². The van der Waals surface area contributed by atoms with E-state index in [4.69, 9.17) is 9.72 Å². The maximum Gasteiger partial charge on any atom is 0.355 e. The molecule has 2 aromatic heterocycles. The molecule has 6 nitrogen and oxygen atoms in total. The molecule has 0 bridgehead atoms. The van der Waals surface area contributed by atoms with Crippen molar-refractivity contribution in [1.82, 2.24) is 9.97 Å². The number of nitrogens with zero attached hydrogens (tertiary/aromatic N) is 1. The van der Waals surface area contributed by atoms with Crippen molar-refractivity contribution in [2.75, 3.05) is 11.9 Å². The molecule has 0 spiro atoms. The van der Waals surface area contributed by atoms with E-state index in [1.807, 2.05) is 60.7 Å². The summed E-state index contributed by atoms with van der Waals surface area (Å²) in [7, 11) is 0. The number of hydrogen-bond donors (Lipinski definition) is 2. The molecule has 6 heteroatoms. The molecule has 36 heavy (non-hydrogen) atoms. The summed E-state index contributed by atoms with van der Waals surface area (Å²) in [6.07, 6.45) is 3.90. The van der Waals surface area contributed by atoms with Crippen molar-refractivity contribution in [3.05, 3.63) is 107 Å². The SMILES string of the molecule is CCOC(=O)c1[nH]c2ccccc2c1C(=O)Nc1cccc(/C=C/c2ccc3ccc(C)cc3n2)c1. The summed E-state index contributed by atoms with van der Waals surface area (Å²) >= 11 is 0. The van der Waals surface area contributed by atoms with Crippen LogP contribution in [0.25, 0.3) is 34.0 Å². The molecule has 0 aliphatic rings. The lowest BCUT2D eigenvalue weighted by atomic mass is 10.1. The Morgan fingerprint density at radius 1 is 0.972 bits per heavy atom. The molecule has 2 heterocycles. The van der Waals surface area contributed by atoms with Gasteiger partial charge in [-0.2, -0.15) is 0 Å². The van der Waals surface area contributed by atoms with Crippen LogP contribution in [0.2, 0.25) is 0 Å². The molecule has 2 N–H and O–H groups in total. The summed E-state index contributed by atoms with van der Waals surface area (Å²) < 4.78 is 5.16. The van der Waals surface area contributed by atoms with Crippen LogP contribution in [-0.4, -0.2) is 28.5 Å². The molecule has 0 saturated heterocycles. The number of amides is 1. The molecule has 0 saturated carbocycles. The van der Waals surface area contributed by atoms with Crippen LogP contribution < -0.4 is 5.32 Å². The number of nitrogens with one attached hydrogen (secondary N) is 2. The molecule has 0 aliphatic carbocycles. The van der Waals surface area contributed by atoms with Gasteiger partial charge >= 0.3 is 5.97 Å². The number of fused-ring (bicyclic) bond motifs is 2. The van der Waals surface area contributed by atoms with Crippen molar-refractivity contribution in [2.45, 2.75) is 13.8 Å². The zero-order chi connectivity index (χ0) is 25.1. The second-order valence-corrected chi connectivity index (χ2v) is 8.49. The lowest BCUT2D eigenvalue weighted by molar-refractivity contribution is 0.0517. The number of H-pyrrole nitrogens is 1. The summed E-state index contributed by atoms with van der Waals surface area (Å²) in [5.41, 5.74) is 5.59. The zero-order valence-electron chi connectivity index (χ0n) is 20.0. The molecule has 5 aromatic rings. The van der Waals surface area contributed by atoms with Crippen LogP contribution in [0.15, 0.2) is 78.9 Å². The highest BCUT2D eigenvalue weighted by Gasteiger charge is 2.24. The number of aromatic amines is 1. The minimum atomic E-state index is -0.561. The van der Waals surface area contributed by atoms with E-state index < -0.39 is 5.97 Å². The van der Waals surface area contributed by atoms with Crippen molar-refractivity contribution in [3.8, 4) is 0 Å². The Hall–Kier alpha value is -4.71. The van der Waals surface area contributed by atoms with E-state index in [1.165, 1.54) is 5.56 Å². The van der Waals surface area contributed by atoms with Crippen molar-refractivity contribution in [3.63, 3.8) is 0 Å². The fourth-order valence-corrected chi connectivity index (χ4v) is 4.17. The predicted octanol–water partition coefficient (Wildman–Crippen LogP) is 6.62. The molecule has 178 valence electrons. The standard InChI is InChI=1S/C30H25N3O3/c1-3-36-30(35)28-27(24-9-4-5-10-25(24)33-28)29(34)32-23-8-6-7-20(18-23)12-15-22-16-14-21-13-11-19(2)17-26(21)31-22/h4-18,33H,3H2,1-2H3,(H,32,34)/b15-12+. The van der Waals surface area contributed by atoms with E-state index >= 15 is 0 Å². The highest BCUT2D eigenvalue weighted by molar-refractivity contribution is 6.18. The first-order chi connectivity index (χ1) is 17.5. The topological polar surface area (TPSA) is 84.1 Å². The molecule has 1 amide bonds. The van der Waals surface area contributed by atoms with Gasteiger partial charge in [0, 0.05) is 22.0 Å². The van der Waals surface area contributed by atoms with Gasteiger partial charge in [-0.25, -0.2) is 9.78 Å². The van der Waals surface area contributed by atoms with Gasteiger partial charge in [0.05, 0.1) is 23.4 Å². The number of hydrogen-bond acceptors (Lipinski definition) is 4. The van der Waals surface area contributed by atoms with Crippen molar-refractivity contribution >= 4 is 51.5 Å². The molecule has 0 unspecified atom stereocenters. The van der Waals surface area contributed by atoms with Crippen molar-refractivity contribution < 1.29 is 14.3 Å². The molecule has 0 fully saturated rings. The maximum atomic E-state index is 13.3. The van der Waals surface area contributed by atoms with Crippen LogP contribution >= 0.6 is 0 Å². The Morgan fingerprint density at radius 3 is 2.67 bits per heavy atom. The third-order valence-electron chi connectivity index (χ3n) is 5.87. The predicted molar refractivity (Wildman–Crippen MR) is 144 cm³/mol. The molecular weight excluding hydrogens is 450 g/mol. The number of esters is 1. The summed E-state index contributed by atoms with van der Waals surface area (Å²) in [6.45, 7) is 4.00. The largest absolute Gasteiger partial charge is 0.461 e. The Bertz CT molecular complexity index is 1630. The number of anilines is 1. The van der Waals surface area contributed by atoms with Crippen LogP contribution in [0.4, 0.5) is 5.69 Å². The van der Waals surface area contributed by atoms with E-state index in [1.54, 1.807) is 13.0 Å². The molecular formula is C30H25N3O3. The average Bonchev–Trinajstić information content (AvgIpc) is 3.28. The van der Waals surface area contributed by atoms with Crippen LogP contribution in [0.1, 0.15) is 44.6 Å². The summed E-state index contributed by atoms with van der Waals surface area (Å²) in [4.78, 5) is 33.6. The minimum absolute atomic E-state index is 0.143. The third-order valence-corrected chi connectivity index (χ3v) is 5.87. The van der Waals surface area contributed by atoms with Crippen LogP contribution in [0.5, 0.6) is 0 Å². The van der Waals surface area contributed by atoms with E-state index in [0.29, 0.717) is 16.6 Å². The minimum Gasteiger partial charge on any atom is -0.461 e. The molecule has 0 aliphatic heterocycles. The van der Waals surface area contributed by atoms with Crippen LogP contribution in [0.3, 0.4) is 0 Å². The highest BCUT2D eigenvalue weighted by atomic mass is 16.5. The number of rotatable bonds is 6. The van der Waals surface area contributed by atoms with Gasteiger partial charge in [0.25, 0.3) is 5.91 Å². The zero-order valence-corrected chi connectivity index (χ0v) is 20.0. The van der Waals surface area contributed by atoms with E-state index in [-0.39, 0.29) is 23.8 Å². The molecule has 0 radical (unpaired) electrons. The summed E-state index contributed by atoms with van der Waals surface area (Å²) in [6, 6.07) is 25.1. The smallest absolute Gasteiger partial charge is 0.355 e. The first kappa shape index (κ1) is 23.1. The van der Waals surface area contributed by atoms with Gasteiger partial charge in [-0.15, -0.1) is 0 Å². The van der Waals surface area contributed by atoms with E-state index in [9.17, 15) is 9.59 Å². The van der Waals surface area contributed by atoms with E-state index in [2.05, 4.69) is 41.5 Å². The molecule has 3 aromatic carbocycles. The molecule has 5 rings (SSSR count). The molecule has 0 atom stereocenters. The Labute approximate surface area is 208 Å². The lowest BCUT2D eigenvalue weighted by Crippen LogP contribution is -2.17. The fourth-order valence-electron chi connectivity index (χ4n) is 4.17. The Balaban J connectivity index is 1.40. The van der Waals surface area contributed by atoms with Crippen molar-refractivity contribution in [1.29, 1.82) is 0 Å². The monoisotopic (exact) mass is 475 g/mol. The number of carbonyl (C=O) groups is 2. The van der Waals surface area contributed by atoms with Gasteiger partial charge in [0.15, 0.2) is 0 Å². The van der Waals surface area contributed by atoms with Crippen LogP contribution in [-0.2, 0) is 4.74 Å². The second-order valence-electron chi connectivity index (χ2n) is 8.49. The number of benzene rings is 3. The number of pyridine rings is 1. The number of ether oxygens (including phenoxy) is 1. The number of aryl methyl sites for hydroxylation is 1. The summed E-state index contributed by atoms with van der Waals surface area (Å²) in [5, 5.41) is 4.68. The first-order valence-electron chi connectivity index (χ1n) is 11.8. The first-order valence-corrected chi connectivity index (χ1v) is 11.8. The van der Waals surface area contributed by atoms with E-state index in [0.717, 1.165) is 22.2 Å². The Kier molecular flexibility index (Phi) is 6.33. The average molecular weight is 476 g/mol. The van der Waals surface area contributed by atoms with Crippen molar-refractivity contribution in [2.24, 2.45) is 0 Å². The number of para-hydroxylation sites is 1. The highest BCUT2D eigenvalue weighted by Crippen LogP contribution is 2.25. The van der Waals surface area contributed by atoms with Gasteiger partial charge in [-0.3, -0.25) is 4.79 Å². The third kappa shape index (κ3) is 4.74.